The largest absolute Gasteiger partial charge is 0.383 e. The van der Waals surface area contributed by atoms with Gasteiger partial charge >= 0.3 is 0 Å². The van der Waals surface area contributed by atoms with E-state index in [0.29, 0.717) is 12.1 Å². The van der Waals surface area contributed by atoms with E-state index in [1.807, 2.05) is 24.3 Å². The number of hydrogen-bond donors (Lipinski definition) is 3. The number of hydrogen-bond acceptors (Lipinski definition) is 6. The van der Waals surface area contributed by atoms with Crippen molar-refractivity contribution in [1.29, 1.82) is 0 Å². The zero-order valence-corrected chi connectivity index (χ0v) is 18.9. The van der Waals surface area contributed by atoms with Gasteiger partial charge in [-0.25, -0.2) is 5.10 Å². The Morgan fingerprint density at radius 1 is 1.23 bits per heavy atom. The maximum Gasteiger partial charge on any atom is 0.269 e. The molecule has 2 aliphatic rings. The van der Waals surface area contributed by atoms with E-state index in [1.54, 1.807) is 0 Å². The van der Waals surface area contributed by atoms with Crippen molar-refractivity contribution >= 4 is 42.1 Å². The van der Waals surface area contributed by atoms with Crippen LogP contribution in [-0.2, 0) is 16.0 Å². The minimum atomic E-state index is -0.138. The molecule has 31 heavy (non-hydrogen) atoms. The lowest BCUT2D eigenvalue weighted by Crippen LogP contribution is -2.37. The summed E-state index contributed by atoms with van der Waals surface area (Å²) in [6, 6.07) is 7.60. The second kappa shape index (κ2) is 12.0. The number of rotatable bonds is 6. The van der Waals surface area contributed by atoms with Crippen molar-refractivity contribution in [1.82, 2.24) is 15.1 Å². The fourth-order valence-corrected chi connectivity index (χ4v) is 3.86. The van der Waals surface area contributed by atoms with Gasteiger partial charge in [0.25, 0.3) is 5.56 Å². The molecule has 0 saturated carbocycles. The lowest BCUT2D eigenvalue weighted by atomic mass is 10.0. The Morgan fingerprint density at radius 3 is 2.84 bits per heavy atom. The molecule has 0 bridgehead atoms. The number of nitrogens with one attached hydrogen (secondary N) is 3. The highest BCUT2D eigenvalue weighted by molar-refractivity contribution is 5.91. The monoisotopic (exact) mass is 469 g/mol. The molecule has 0 unspecified atom stereocenters. The van der Waals surface area contributed by atoms with Gasteiger partial charge in [-0.05, 0) is 37.9 Å². The van der Waals surface area contributed by atoms with E-state index in [9.17, 15) is 9.59 Å². The Labute approximate surface area is 194 Å². The molecule has 0 radical (unpaired) electrons. The number of H-pyrrole nitrogens is 1. The van der Waals surface area contributed by atoms with E-state index in [4.69, 9.17) is 4.74 Å². The van der Waals surface area contributed by atoms with Crippen LogP contribution in [0.25, 0.3) is 11.3 Å². The zero-order chi connectivity index (χ0) is 20.1. The lowest BCUT2D eigenvalue weighted by Gasteiger charge is -2.26. The Kier molecular flexibility index (Phi) is 9.77. The van der Waals surface area contributed by atoms with E-state index in [2.05, 4.69) is 25.7 Å². The molecular weight excluding hydrogens is 441 g/mol. The highest BCUT2D eigenvalue weighted by Crippen LogP contribution is 2.30. The number of aromatic nitrogens is 2. The summed E-state index contributed by atoms with van der Waals surface area (Å²) in [7, 11) is 0. The van der Waals surface area contributed by atoms with Crippen LogP contribution < -0.4 is 16.2 Å². The van der Waals surface area contributed by atoms with Crippen LogP contribution in [0.4, 0.5) is 11.4 Å². The number of amides is 1. The van der Waals surface area contributed by atoms with Crippen LogP contribution in [0.1, 0.15) is 24.8 Å². The molecule has 0 aliphatic carbocycles. The number of carbonyl (C=O) groups is 1. The number of carbonyl (C=O) groups excluding carboxylic acids is 1. The average molecular weight is 470 g/mol. The summed E-state index contributed by atoms with van der Waals surface area (Å²) in [5.74, 6) is 0.00462. The van der Waals surface area contributed by atoms with Gasteiger partial charge in [0, 0.05) is 42.9 Å². The second-order valence-corrected chi connectivity index (χ2v) is 7.47. The molecule has 170 valence electrons. The molecule has 0 spiro atoms. The van der Waals surface area contributed by atoms with Crippen LogP contribution in [0.2, 0.25) is 0 Å². The van der Waals surface area contributed by atoms with Crippen molar-refractivity contribution in [3.05, 3.63) is 40.2 Å². The minimum Gasteiger partial charge on any atom is -0.383 e. The first kappa shape index (κ1) is 25.1. The van der Waals surface area contributed by atoms with Gasteiger partial charge in [0.1, 0.15) is 5.69 Å². The van der Waals surface area contributed by atoms with Crippen LogP contribution in [0, 0.1) is 0 Å². The zero-order valence-electron chi connectivity index (χ0n) is 17.3. The number of nitrogens with zero attached hydrogens (tertiary/aromatic N) is 2. The number of ether oxygens (including phenoxy) is 1. The van der Waals surface area contributed by atoms with Crippen LogP contribution >= 0.6 is 24.8 Å². The molecular formula is C21H29Cl2N5O3. The van der Waals surface area contributed by atoms with Gasteiger partial charge in [-0.2, -0.15) is 5.10 Å². The molecule has 0 atom stereocenters. The predicted molar refractivity (Wildman–Crippen MR) is 127 cm³/mol. The summed E-state index contributed by atoms with van der Waals surface area (Å²) < 4.78 is 5.34. The Hall–Kier alpha value is -2.13. The van der Waals surface area contributed by atoms with Crippen LogP contribution in [0.15, 0.2) is 29.1 Å². The molecule has 3 heterocycles. The highest BCUT2D eigenvalue weighted by Gasteiger charge is 2.19. The van der Waals surface area contributed by atoms with E-state index >= 15 is 0 Å². The second-order valence-electron chi connectivity index (χ2n) is 7.47. The maximum atomic E-state index is 12.3. The smallest absolute Gasteiger partial charge is 0.269 e. The minimum absolute atomic E-state index is 0. The molecule has 2 aliphatic heterocycles. The van der Waals surface area contributed by atoms with Crippen molar-refractivity contribution in [2.75, 3.05) is 50.0 Å². The molecule has 1 amide bonds. The number of morpholine rings is 1. The summed E-state index contributed by atoms with van der Waals surface area (Å²) in [6.07, 6.45) is 2.98. The number of anilines is 2. The first-order valence-corrected chi connectivity index (χ1v) is 10.3. The number of aromatic amines is 1. The molecule has 8 nitrogen and oxygen atoms in total. The summed E-state index contributed by atoms with van der Waals surface area (Å²) in [4.78, 5) is 26.7. The fourth-order valence-electron chi connectivity index (χ4n) is 3.86. The first-order chi connectivity index (χ1) is 14.2. The Morgan fingerprint density at radius 2 is 2.03 bits per heavy atom. The van der Waals surface area contributed by atoms with E-state index < -0.39 is 0 Å². The maximum absolute atomic E-state index is 12.3. The standard InChI is InChI=1S/C21H27N5O3.2ClH/c27-18(7-3-9-26-10-12-29-13-11-26)23-16-5-1-4-15(14-16)19-20-17(6-2-8-22-20)21(28)25-24-19;;/h1,4-5,14,22H,2-3,6-13H2,(H,23,27)(H,25,28);2*1H. The molecule has 4 rings (SSSR count). The number of halogens is 2. The van der Waals surface area contributed by atoms with Crippen molar-refractivity contribution in [3.63, 3.8) is 0 Å². The topological polar surface area (TPSA) is 99.3 Å². The van der Waals surface area contributed by atoms with Crippen LogP contribution in [0.5, 0.6) is 0 Å². The van der Waals surface area contributed by atoms with Gasteiger partial charge < -0.3 is 15.4 Å². The normalized spacial score (nSPS) is 15.6. The van der Waals surface area contributed by atoms with E-state index in [1.165, 1.54) is 0 Å². The van der Waals surface area contributed by atoms with Gasteiger partial charge in [0.2, 0.25) is 5.91 Å². The van der Waals surface area contributed by atoms with Crippen molar-refractivity contribution < 1.29 is 9.53 Å². The van der Waals surface area contributed by atoms with Crippen LogP contribution in [0.3, 0.4) is 0 Å². The number of benzene rings is 1. The summed E-state index contributed by atoms with van der Waals surface area (Å²) in [5.41, 5.74) is 3.71. The average Bonchev–Trinajstić information content (AvgIpc) is 2.75. The summed E-state index contributed by atoms with van der Waals surface area (Å²) >= 11 is 0. The van der Waals surface area contributed by atoms with Gasteiger partial charge in [0.15, 0.2) is 0 Å². The molecule has 3 N–H and O–H groups in total. The molecule has 1 saturated heterocycles. The molecule has 2 aromatic rings. The van der Waals surface area contributed by atoms with E-state index in [0.717, 1.165) is 81.2 Å². The molecule has 1 aromatic carbocycles. The third kappa shape index (κ3) is 6.43. The summed E-state index contributed by atoms with van der Waals surface area (Å²) in [5, 5.41) is 13.1. The van der Waals surface area contributed by atoms with Gasteiger partial charge in [-0.15, -0.1) is 24.8 Å². The fraction of sp³-hybridized carbons (Fsp3) is 0.476. The third-order valence-corrected chi connectivity index (χ3v) is 5.39. The van der Waals surface area contributed by atoms with Crippen molar-refractivity contribution in [2.24, 2.45) is 0 Å². The van der Waals surface area contributed by atoms with Crippen LogP contribution in [-0.4, -0.2) is 60.4 Å². The first-order valence-electron chi connectivity index (χ1n) is 10.3. The van der Waals surface area contributed by atoms with Crippen molar-refractivity contribution in [3.8, 4) is 11.3 Å². The van der Waals surface area contributed by atoms with Gasteiger partial charge in [-0.3, -0.25) is 14.5 Å². The Bertz CT molecular complexity index is 931. The predicted octanol–water partition coefficient (Wildman–Crippen LogP) is 2.69. The Balaban J connectivity index is 0.00000171. The van der Waals surface area contributed by atoms with Gasteiger partial charge in [0.05, 0.1) is 18.9 Å². The molecule has 1 aromatic heterocycles. The number of fused-ring (bicyclic) bond motifs is 1. The quantitative estimate of drug-likeness (QED) is 0.601. The SMILES string of the molecule is Cl.Cl.O=C(CCCN1CCOCC1)Nc1cccc(-c2n[nH]c(=O)c3c2NCCC3)c1. The van der Waals surface area contributed by atoms with Gasteiger partial charge in [-0.1, -0.05) is 12.1 Å². The third-order valence-electron chi connectivity index (χ3n) is 5.39. The molecule has 10 heteroatoms. The lowest BCUT2D eigenvalue weighted by molar-refractivity contribution is -0.116. The summed E-state index contributed by atoms with van der Waals surface area (Å²) in [6.45, 7) is 5.16. The molecule has 1 fully saturated rings. The van der Waals surface area contributed by atoms with Crippen molar-refractivity contribution in [2.45, 2.75) is 25.7 Å². The van der Waals surface area contributed by atoms with E-state index in [-0.39, 0.29) is 36.3 Å². The highest BCUT2D eigenvalue weighted by atomic mass is 35.5.